The fraction of sp³-hybridized carbons (Fsp3) is 0.833. The van der Waals surface area contributed by atoms with Crippen molar-refractivity contribution in [1.82, 2.24) is 15.0 Å². The normalized spacial score (nSPS) is 28.2. The summed E-state index contributed by atoms with van der Waals surface area (Å²) >= 11 is 1.81. The standard InChI is InChI=1S/C12H21N3OS/c1-4-6-15-10(8-13-14-15)12(16)9-17-7-5-11(12,2)3/h8,16H,4-7,9H2,1-3H3. The van der Waals surface area contributed by atoms with Crippen LogP contribution in [0.4, 0.5) is 0 Å². The molecular weight excluding hydrogens is 234 g/mol. The lowest BCUT2D eigenvalue weighted by Crippen LogP contribution is -2.48. The predicted octanol–water partition coefficient (Wildman–Crippen LogP) is 2.04. The summed E-state index contributed by atoms with van der Waals surface area (Å²) in [7, 11) is 0. The molecule has 96 valence electrons. The molecule has 1 N–H and O–H groups in total. The van der Waals surface area contributed by atoms with E-state index in [2.05, 4.69) is 31.1 Å². The van der Waals surface area contributed by atoms with Crippen molar-refractivity contribution in [2.24, 2.45) is 5.41 Å². The molecule has 0 spiro atoms. The highest BCUT2D eigenvalue weighted by Crippen LogP contribution is 2.48. The number of rotatable bonds is 3. The SMILES string of the molecule is CCCn1nncc1C1(O)CSCCC1(C)C. The Labute approximate surface area is 107 Å². The summed E-state index contributed by atoms with van der Waals surface area (Å²) in [5.41, 5.74) is -0.0587. The van der Waals surface area contributed by atoms with Crippen molar-refractivity contribution in [2.75, 3.05) is 11.5 Å². The van der Waals surface area contributed by atoms with Crippen molar-refractivity contribution < 1.29 is 5.11 Å². The summed E-state index contributed by atoms with van der Waals surface area (Å²) in [5.74, 6) is 1.85. The number of hydrogen-bond donors (Lipinski definition) is 1. The Kier molecular flexibility index (Phi) is 3.50. The summed E-state index contributed by atoms with van der Waals surface area (Å²) < 4.78 is 1.85. The van der Waals surface area contributed by atoms with Gasteiger partial charge in [0.15, 0.2) is 0 Å². The number of thioether (sulfide) groups is 1. The van der Waals surface area contributed by atoms with Crippen LogP contribution in [0.3, 0.4) is 0 Å². The third kappa shape index (κ3) is 2.10. The van der Waals surface area contributed by atoms with Crippen LogP contribution in [0.2, 0.25) is 0 Å². The van der Waals surface area contributed by atoms with Gasteiger partial charge < -0.3 is 5.11 Å². The Hall–Kier alpha value is -0.550. The number of aryl methyl sites for hydroxylation is 1. The molecule has 1 aliphatic heterocycles. The zero-order valence-electron chi connectivity index (χ0n) is 10.8. The van der Waals surface area contributed by atoms with Crippen LogP contribution < -0.4 is 0 Å². The highest BCUT2D eigenvalue weighted by molar-refractivity contribution is 7.99. The van der Waals surface area contributed by atoms with Crippen molar-refractivity contribution in [2.45, 2.75) is 45.8 Å². The molecule has 0 radical (unpaired) electrons. The molecule has 0 aromatic carbocycles. The molecule has 1 aliphatic rings. The van der Waals surface area contributed by atoms with Gasteiger partial charge in [0.1, 0.15) is 5.60 Å². The van der Waals surface area contributed by atoms with Crippen LogP contribution in [-0.2, 0) is 12.1 Å². The predicted molar refractivity (Wildman–Crippen MR) is 69.9 cm³/mol. The van der Waals surface area contributed by atoms with Crippen molar-refractivity contribution in [1.29, 1.82) is 0 Å². The summed E-state index contributed by atoms with van der Waals surface area (Å²) in [6, 6.07) is 0. The molecule has 2 heterocycles. The molecule has 0 amide bonds. The molecule has 1 unspecified atom stereocenters. The summed E-state index contributed by atoms with van der Waals surface area (Å²) in [6.45, 7) is 7.20. The fourth-order valence-electron chi connectivity index (χ4n) is 2.32. The van der Waals surface area contributed by atoms with Gasteiger partial charge in [0.05, 0.1) is 11.9 Å². The highest BCUT2D eigenvalue weighted by Gasteiger charge is 2.49. The van der Waals surface area contributed by atoms with Gasteiger partial charge in [0.25, 0.3) is 0 Å². The van der Waals surface area contributed by atoms with E-state index >= 15 is 0 Å². The van der Waals surface area contributed by atoms with E-state index in [0.29, 0.717) is 0 Å². The molecule has 2 rings (SSSR count). The van der Waals surface area contributed by atoms with Crippen molar-refractivity contribution in [3.05, 3.63) is 11.9 Å². The second kappa shape index (κ2) is 4.61. The maximum atomic E-state index is 11.0. The van der Waals surface area contributed by atoms with Crippen LogP contribution in [0.15, 0.2) is 6.20 Å². The molecule has 0 aliphatic carbocycles. The zero-order valence-corrected chi connectivity index (χ0v) is 11.6. The van der Waals surface area contributed by atoms with Crippen molar-refractivity contribution in [3.8, 4) is 0 Å². The minimum absolute atomic E-state index is 0.120. The summed E-state index contributed by atoms with van der Waals surface area (Å²) in [5, 5.41) is 19.1. The number of hydrogen-bond acceptors (Lipinski definition) is 4. The van der Waals surface area contributed by atoms with E-state index in [0.717, 1.165) is 36.6 Å². The van der Waals surface area contributed by atoms with E-state index in [9.17, 15) is 5.11 Å². The highest BCUT2D eigenvalue weighted by atomic mass is 32.2. The second-order valence-electron chi connectivity index (χ2n) is 5.39. The zero-order chi connectivity index (χ0) is 12.5. The molecule has 0 bridgehead atoms. The van der Waals surface area contributed by atoms with Gasteiger partial charge in [0.2, 0.25) is 0 Å². The van der Waals surface area contributed by atoms with Crippen molar-refractivity contribution >= 4 is 11.8 Å². The van der Waals surface area contributed by atoms with Gasteiger partial charge >= 0.3 is 0 Å². The van der Waals surface area contributed by atoms with Crippen LogP contribution in [0.1, 0.15) is 39.3 Å². The van der Waals surface area contributed by atoms with Gasteiger partial charge in [-0.25, -0.2) is 4.68 Å². The Morgan fingerprint density at radius 3 is 2.94 bits per heavy atom. The van der Waals surface area contributed by atoms with E-state index in [1.807, 2.05) is 16.4 Å². The second-order valence-corrected chi connectivity index (χ2v) is 6.49. The molecule has 1 aromatic heterocycles. The van der Waals surface area contributed by atoms with Gasteiger partial charge in [-0.2, -0.15) is 11.8 Å². The van der Waals surface area contributed by atoms with Crippen molar-refractivity contribution in [3.63, 3.8) is 0 Å². The smallest absolute Gasteiger partial charge is 0.122 e. The van der Waals surface area contributed by atoms with Gasteiger partial charge in [-0.15, -0.1) is 5.10 Å². The van der Waals surface area contributed by atoms with E-state index in [4.69, 9.17) is 0 Å². The molecule has 0 saturated carbocycles. The minimum Gasteiger partial charge on any atom is -0.382 e. The van der Waals surface area contributed by atoms with Gasteiger partial charge in [-0.05, 0) is 18.6 Å². The number of aromatic nitrogens is 3. The third-order valence-corrected chi connectivity index (χ3v) is 4.89. The van der Waals surface area contributed by atoms with Crippen LogP contribution >= 0.6 is 11.8 Å². The topological polar surface area (TPSA) is 50.9 Å². The molecule has 17 heavy (non-hydrogen) atoms. The quantitative estimate of drug-likeness (QED) is 0.898. The van der Waals surface area contributed by atoms with Gasteiger partial charge in [-0.1, -0.05) is 26.0 Å². The van der Waals surface area contributed by atoms with E-state index in [1.54, 1.807) is 6.20 Å². The Bertz CT molecular complexity index is 391. The first-order valence-electron chi connectivity index (χ1n) is 6.20. The van der Waals surface area contributed by atoms with Crippen LogP contribution in [-0.4, -0.2) is 31.6 Å². The number of aliphatic hydroxyl groups is 1. The maximum Gasteiger partial charge on any atom is 0.122 e. The van der Waals surface area contributed by atoms with E-state index in [1.165, 1.54) is 0 Å². The fourth-order valence-corrected chi connectivity index (χ4v) is 3.96. The lowest BCUT2D eigenvalue weighted by atomic mass is 9.72. The first-order valence-corrected chi connectivity index (χ1v) is 7.36. The van der Waals surface area contributed by atoms with Crippen LogP contribution in [0.5, 0.6) is 0 Å². The lowest BCUT2D eigenvalue weighted by molar-refractivity contribution is -0.0646. The first-order chi connectivity index (χ1) is 8.01. The first kappa shape index (κ1) is 12.9. The Morgan fingerprint density at radius 2 is 2.29 bits per heavy atom. The molecule has 1 saturated heterocycles. The molecular formula is C12H21N3OS. The number of nitrogens with zero attached hydrogens (tertiary/aromatic N) is 3. The lowest BCUT2D eigenvalue weighted by Gasteiger charge is -2.45. The van der Waals surface area contributed by atoms with Crippen LogP contribution in [0.25, 0.3) is 0 Å². The molecule has 1 fully saturated rings. The van der Waals surface area contributed by atoms with Gasteiger partial charge in [-0.3, -0.25) is 0 Å². The average molecular weight is 255 g/mol. The monoisotopic (exact) mass is 255 g/mol. The van der Waals surface area contributed by atoms with Gasteiger partial charge in [0, 0.05) is 17.7 Å². The summed E-state index contributed by atoms with van der Waals surface area (Å²) in [6.07, 6.45) is 3.74. The molecule has 4 nitrogen and oxygen atoms in total. The average Bonchev–Trinajstić information content (AvgIpc) is 2.72. The minimum atomic E-state index is -0.811. The largest absolute Gasteiger partial charge is 0.382 e. The maximum absolute atomic E-state index is 11.0. The molecule has 5 heteroatoms. The molecule has 1 atom stereocenters. The van der Waals surface area contributed by atoms with E-state index < -0.39 is 5.60 Å². The molecule has 1 aromatic rings. The Balaban J connectivity index is 2.38. The Morgan fingerprint density at radius 1 is 1.53 bits per heavy atom. The summed E-state index contributed by atoms with van der Waals surface area (Å²) in [4.78, 5) is 0. The van der Waals surface area contributed by atoms with Crippen LogP contribution in [0, 0.1) is 5.41 Å². The third-order valence-electron chi connectivity index (χ3n) is 3.78. The van der Waals surface area contributed by atoms with E-state index in [-0.39, 0.29) is 5.41 Å².